The zero-order chi connectivity index (χ0) is 16.9. The molecule has 1 N–H and O–H groups in total. The molecule has 126 valence electrons. The van der Waals surface area contributed by atoms with Crippen LogP contribution in [0, 0.1) is 11.7 Å². The van der Waals surface area contributed by atoms with E-state index in [1.54, 1.807) is 24.4 Å². The van der Waals surface area contributed by atoms with E-state index >= 15 is 0 Å². The third kappa shape index (κ3) is 5.67. The summed E-state index contributed by atoms with van der Waals surface area (Å²) < 4.78 is 41.0. The van der Waals surface area contributed by atoms with E-state index in [0.717, 1.165) is 5.01 Å². The van der Waals surface area contributed by atoms with Gasteiger partial charge in [0.2, 0.25) is 10.0 Å². The number of nitrogens with zero attached hydrogens (tertiary/aromatic N) is 1. The highest BCUT2D eigenvalue weighted by Crippen LogP contribution is 2.24. The number of thiazole rings is 1. The molecule has 1 aromatic heterocycles. The van der Waals surface area contributed by atoms with E-state index in [-0.39, 0.29) is 24.0 Å². The minimum absolute atomic E-state index is 0.145. The Hall–Kier alpha value is -1.31. The quantitative estimate of drug-likeness (QED) is 0.787. The standard InChI is InChI=1S/C16H21FN2O2S2/c1-12(2)11-15(16-18-8-9-22-16)19-23(20,21)10-7-13-5-3-4-6-14(13)17/h3-6,8-9,12,15,19H,7,10-11H2,1-2H3. The number of nitrogens with one attached hydrogen (secondary N) is 1. The van der Waals surface area contributed by atoms with Crippen molar-refractivity contribution in [2.45, 2.75) is 32.7 Å². The first-order valence-corrected chi connectivity index (χ1v) is 10.0. The van der Waals surface area contributed by atoms with Crippen molar-refractivity contribution in [2.24, 2.45) is 5.92 Å². The van der Waals surface area contributed by atoms with Gasteiger partial charge < -0.3 is 0 Å². The van der Waals surface area contributed by atoms with Crippen molar-refractivity contribution in [1.82, 2.24) is 9.71 Å². The fourth-order valence-electron chi connectivity index (χ4n) is 2.30. The smallest absolute Gasteiger partial charge is 0.212 e. The van der Waals surface area contributed by atoms with E-state index in [4.69, 9.17) is 0 Å². The molecule has 1 atom stereocenters. The summed E-state index contributed by atoms with van der Waals surface area (Å²) in [4.78, 5) is 4.22. The van der Waals surface area contributed by atoms with Crippen molar-refractivity contribution < 1.29 is 12.8 Å². The summed E-state index contributed by atoms with van der Waals surface area (Å²) in [6.07, 6.45) is 2.49. The zero-order valence-electron chi connectivity index (χ0n) is 13.2. The second-order valence-corrected chi connectivity index (χ2v) is 8.63. The van der Waals surface area contributed by atoms with Crippen LogP contribution in [0.1, 0.15) is 36.9 Å². The van der Waals surface area contributed by atoms with E-state index in [2.05, 4.69) is 9.71 Å². The first kappa shape index (κ1) is 18.0. The number of aryl methyl sites for hydroxylation is 1. The maximum absolute atomic E-state index is 13.6. The number of aromatic nitrogens is 1. The molecule has 0 radical (unpaired) electrons. The third-order valence-corrected chi connectivity index (χ3v) is 5.65. The van der Waals surface area contributed by atoms with Crippen LogP contribution in [0.5, 0.6) is 0 Å². The van der Waals surface area contributed by atoms with Gasteiger partial charge in [0.15, 0.2) is 0 Å². The molecular weight excluding hydrogens is 335 g/mol. The normalized spacial score (nSPS) is 13.4. The van der Waals surface area contributed by atoms with Crippen LogP contribution < -0.4 is 4.72 Å². The summed E-state index contributed by atoms with van der Waals surface area (Å²) in [6.45, 7) is 4.07. The maximum atomic E-state index is 13.6. The number of hydrogen-bond donors (Lipinski definition) is 1. The lowest BCUT2D eigenvalue weighted by Crippen LogP contribution is -2.32. The molecular formula is C16H21FN2O2S2. The lowest BCUT2D eigenvalue weighted by Gasteiger charge is -2.18. The molecule has 0 fully saturated rings. The average molecular weight is 356 g/mol. The van der Waals surface area contributed by atoms with Crippen LogP contribution >= 0.6 is 11.3 Å². The van der Waals surface area contributed by atoms with Gasteiger partial charge in [-0.05, 0) is 30.4 Å². The first-order chi connectivity index (χ1) is 10.9. The molecule has 4 nitrogen and oxygen atoms in total. The Morgan fingerprint density at radius 1 is 1.30 bits per heavy atom. The van der Waals surface area contributed by atoms with Crippen molar-refractivity contribution in [3.63, 3.8) is 0 Å². The van der Waals surface area contributed by atoms with Crippen LogP contribution in [0.3, 0.4) is 0 Å². The first-order valence-electron chi connectivity index (χ1n) is 7.50. The van der Waals surface area contributed by atoms with Gasteiger partial charge in [0.05, 0.1) is 11.8 Å². The average Bonchev–Trinajstić information content (AvgIpc) is 2.99. The Labute approximate surface area is 140 Å². The fourth-order valence-corrected chi connectivity index (χ4v) is 4.32. The molecule has 7 heteroatoms. The van der Waals surface area contributed by atoms with Gasteiger partial charge >= 0.3 is 0 Å². The topological polar surface area (TPSA) is 59.1 Å². The van der Waals surface area contributed by atoms with Crippen LogP contribution in [-0.4, -0.2) is 19.2 Å². The molecule has 0 spiro atoms. The molecule has 0 amide bonds. The Balaban J connectivity index is 2.04. The van der Waals surface area contributed by atoms with Gasteiger partial charge in [-0.15, -0.1) is 11.3 Å². The van der Waals surface area contributed by atoms with Crippen molar-refractivity contribution in [3.8, 4) is 0 Å². The Kier molecular flexibility index (Phi) is 6.26. The molecule has 1 aromatic carbocycles. The predicted octanol–water partition coefficient (Wildman–Crippen LogP) is 3.53. The van der Waals surface area contributed by atoms with Crippen molar-refractivity contribution in [3.05, 3.63) is 52.2 Å². The van der Waals surface area contributed by atoms with Gasteiger partial charge in [-0.1, -0.05) is 32.0 Å². The molecule has 0 aliphatic heterocycles. The van der Waals surface area contributed by atoms with Crippen LogP contribution in [0.2, 0.25) is 0 Å². The highest BCUT2D eigenvalue weighted by atomic mass is 32.2. The molecule has 0 aliphatic rings. The van der Waals surface area contributed by atoms with Gasteiger partial charge in [-0.25, -0.2) is 22.5 Å². The molecule has 0 aliphatic carbocycles. The molecule has 1 unspecified atom stereocenters. The second-order valence-electron chi connectivity index (χ2n) is 5.83. The lowest BCUT2D eigenvalue weighted by molar-refractivity contribution is 0.470. The molecule has 23 heavy (non-hydrogen) atoms. The van der Waals surface area contributed by atoms with Gasteiger partial charge in [-0.3, -0.25) is 0 Å². The summed E-state index contributed by atoms with van der Waals surface area (Å²) in [6, 6.07) is 5.91. The SMILES string of the molecule is CC(C)CC(NS(=O)(=O)CCc1ccccc1F)c1nccs1. The minimum atomic E-state index is -3.52. The number of benzene rings is 1. The predicted molar refractivity (Wildman–Crippen MR) is 91.3 cm³/mol. The maximum Gasteiger partial charge on any atom is 0.212 e. The fraction of sp³-hybridized carbons (Fsp3) is 0.438. The van der Waals surface area contributed by atoms with E-state index in [0.29, 0.717) is 17.9 Å². The van der Waals surface area contributed by atoms with Crippen molar-refractivity contribution >= 4 is 21.4 Å². The Morgan fingerprint density at radius 3 is 2.65 bits per heavy atom. The van der Waals surface area contributed by atoms with Gasteiger partial charge in [0.1, 0.15) is 10.8 Å². The molecule has 2 aromatic rings. The van der Waals surface area contributed by atoms with Gasteiger partial charge in [0.25, 0.3) is 0 Å². The van der Waals surface area contributed by atoms with E-state index in [1.165, 1.54) is 17.4 Å². The van der Waals surface area contributed by atoms with Crippen LogP contribution in [0.4, 0.5) is 4.39 Å². The highest BCUT2D eigenvalue weighted by molar-refractivity contribution is 7.89. The molecule has 1 heterocycles. The van der Waals surface area contributed by atoms with E-state index in [9.17, 15) is 12.8 Å². The number of halogens is 1. The van der Waals surface area contributed by atoms with Crippen LogP contribution in [-0.2, 0) is 16.4 Å². The summed E-state index contributed by atoms with van der Waals surface area (Å²) in [5.74, 6) is -0.187. The van der Waals surface area contributed by atoms with Crippen molar-refractivity contribution in [2.75, 3.05) is 5.75 Å². The third-order valence-electron chi connectivity index (χ3n) is 3.38. The van der Waals surface area contributed by atoms with Crippen LogP contribution in [0.25, 0.3) is 0 Å². The highest BCUT2D eigenvalue weighted by Gasteiger charge is 2.22. The largest absolute Gasteiger partial charge is 0.248 e. The minimum Gasteiger partial charge on any atom is -0.248 e. The summed E-state index contributed by atoms with van der Waals surface area (Å²) >= 11 is 1.43. The molecule has 2 rings (SSSR count). The monoisotopic (exact) mass is 356 g/mol. The van der Waals surface area contributed by atoms with E-state index < -0.39 is 10.0 Å². The van der Waals surface area contributed by atoms with Crippen LogP contribution in [0.15, 0.2) is 35.8 Å². The summed E-state index contributed by atoms with van der Waals surface area (Å²) in [5.41, 5.74) is 0.410. The second kappa shape index (κ2) is 7.99. The van der Waals surface area contributed by atoms with Gasteiger partial charge in [0, 0.05) is 11.6 Å². The zero-order valence-corrected chi connectivity index (χ0v) is 14.8. The summed E-state index contributed by atoms with van der Waals surface area (Å²) in [5, 5.41) is 2.59. The number of sulfonamides is 1. The Morgan fingerprint density at radius 2 is 2.04 bits per heavy atom. The molecule has 0 saturated heterocycles. The summed E-state index contributed by atoms with van der Waals surface area (Å²) in [7, 11) is -3.52. The Bertz CT molecular complexity index is 715. The van der Waals surface area contributed by atoms with E-state index in [1.807, 2.05) is 19.2 Å². The lowest BCUT2D eigenvalue weighted by atomic mass is 10.1. The number of rotatable bonds is 8. The van der Waals surface area contributed by atoms with Gasteiger partial charge in [-0.2, -0.15) is 0 Å². The van der Waals surface area contributed by atoms with Crippen molar-refractivity contribution in [1.29, 1.82) is 0 Å². The molecule has 0 bridgehead atoms. The number of hydrogen-bond acceptors (Lipinski definition) is 4. The molecule has 0 saturated carbocycles.